The van der Waals surface area contributed by atoms with Gasteiger partial charge >= 0.3 is 0 Å². The van der Waals surface area contributed by atoms with Crippen molar-refractivity contribution in [2.24, 2.45) is 0 Å². The molecule has 0 bridgehead atoms. The molecule has 0 atom stereocenters. The molecule has 2 aromatic heterocycles. The van der Waals surface area contributed by atoms with Crippen LogP contribution in [0.1, 0.15) is 27.7 Å². The molecule has 5 nitrogen and oxygen atoms in total. The van der Waals surface area contributed by atoms with Gasteiger partial charge in [0.1, 0.15) is 22.3 Å². The molecule has 5 rings (SSSR count). The van der Waals surface area contributed by atoms with Crippen LogP contribution >= 0.6 is 12.0 Å². The maximum Gasteiger partial charge on any atom is 0.227 e. The van der Waals surface area contributed by atoms with Crippen molar-refractivity contribution in [3.63, 3.8) is 0 Å². The number of fused-ring (bicyclic) bond motifs is 4. The van der Waals surface area contributed by atoms with Gasteiger partial charge in [-0.25, -0.2) is 4.98 Å². The summed E-state index contributed by atoms with van der Waals surface area (Å²) < 4.78 is 18.0. The summed E-state index contributed by atoms with van der Waals surface area (Å²) in [4.78, 5) is 5.56. The lowest BCUT2D eigenvalue weighted by molar-refractivity contribution is -0.0813. The van der Waals surface area contributed by atoms with Crippen molar-refractivity contribution in [1.29, 1.82) is 0 Å². The van der Waals surface area contributed by atoms with Gasteiger partial charge in [0.15, 0.2) is 5.58 Å². The number of aromatic nitrogens is 1. The van der Waals surface area contributed by atoms with Crippen LogP contribution < -0.4 is 0 Å². The monoisotopic (exact) mass is 433 g/mol. The Labute approximate surface area is 184 Å². The number of hydrogen-bond acceptors (Lipinski definition) is 6. The molecule has 1 N–H and O–H groups in total. The van der Waals surface area contributed by atoms with Gasteiger partial charge in [-0.1, -0.05) is 18.2 Å². The van der Waals surface area contributed by atoms with Gasteiger partial charge in [0.2, 0.25) is 5.89 Å². The minimum absolute atomic E-state index is 0.595. The third-order valence-electron chi connectivity index (χ3n) is 5.79. The maximum atomic E-state index is 10.3. The molecular weight excluding hydrogens is 410 g/mol. The number of nitrogens with zero attached hydrogens (tertiary/aromatic N) is 1. The quantitative estimate of drug-likeness (QED) is 0.302. The van der Waals surface area contributed by atoms with Gasteiger partial charge in [-0.2, -0.15) is 0 Å². The lowest BCUT2D eigenvalue weighted by Gasteiger charge is -2.35. The molecule has 6 heteroatoms. The standard InChI is InChI=1S/C25H23NO4S/c1-24(2,27)25(3,4)30-31-16-10-11-17-18-13-19-22(14-21(18)28-20(17)12-16)29-23(26-19)15-8-6-5-7-9-15/h5-14,27H,1-4H3. The zero-order valence-electron chi connectivity index (χ0n) is 17.8. The van der Waals surface area contributed by atoms with Gasteiger partial charge in [0, 0.05) is 39.3 Å². The molecule has 0 radical (unpaired) electrons. The van der Waals surface area contributed by atoms with Crippen LogP contribution in [0.15, 0.2) is 74.4 Å². The molecule has 31 heavy (non-hydrogen) atoms. The highest BCUT2D eigenvalue weighted by molar-refractivity contribution is 7.94. The minimum atomic E-state index is -0.969. The Morgan fingerprint density at radius 3 is 2.32 bits per heavy atom. The van der Waals surface area contributed by atoms with E-state index in [2.05, 4.69) is 4.98 Å². The molecule has 0 unspecified atom stereocenters. The molecule has 5 aromatic rings. The van der Waals surface area contributed by atoms with Crippen LogP contribution in [0.4, 0.5) is 0 Å². The van der Waals surface area contributed by atoms with E-state index in [1.165, 1.54) is 12.0 Å². The predicted octanol–water partition coefficient (Wildman–Crippen LogP) is 6.97. The Kier molecular flexibility index (Phi) is 4.62. The predicted molar refractivity (Wildman–Crippen MR) is 124 cm³/mol. The number of hydrogen-bond donors (Lipinski definition) is 1. The van der Waals surface area contributed by atoms with Crippen molar-refractivity contribution in [1.82, 2.24) is 4.98 Å². The molecule has 0 saturated heterocycles. The smallest absolute Gasteiger partial charge is 0.227 e. The number of furan rings is 1. The average molecular weight is 434 g/mol. The fourth-order valence-corrected chi connectivity index (χ4v) is 3.98. The molecule has 2 heterocycles. The number of aliphatic hydroxyl groups is 1. The van der Waals surface area contributed by atoms with Crippen LogP contribution in [0.5, 0.6) is 0 Å². The van der Waals surface area contributed by atoms with Gasteiger partial charge in [-0.05, 0) is 64.1 Å². The van der Waals surface area contributed by atoms with Crippen molar-refractivity contribution in [3.05, 3.63) is 60.7 Å². The summed E-state index contributed by atoms with van der Waals surface area (Å²) >= 11 is 1.23. The highest BCUT2D eigenvalue weighted by Crippen LogP contribution is 2.37. The van der Waals surface area contributed by atoms with Crippen LogP contribution in [0.3, 0.4) is 0 Å². The number of benzene rings is 3. The molecular formula is C25H23NO4S. The first-order chi connectivity index (χ1) is 14.7. The summed E-state index contributed by atoms with van der Waals surface area (Å²) in [6.07, 6.45) is 0. The van der Waals surface area contributed by atoms with Gasteiger partial charge in [0.25, 0.3) is 0 Å². The van der Waals surface area contributed by atoms with Gasteiger partial charge in [-0.3, -0.25) is 0 Å². The highest BCUT2D eigenvalue weighted by atomic mass is 32.2. The summed E-state index contributed by atoms with van der Waals surface area (Å²) in [5.41, 5.74) is 2.25. The molecule has 0 aliphatic heterocycles. The molecule has 158 valence electrons. The Morgan fingerprint density at radius 2 is 1.58 bits per heavy atom. The van der Waals surface area contributed by atoms with E-state index in [-0.39, 0.29) is 0 Å². The van der Waals surface area contributed by atoms with Crippen LogP contribution in [-0.2, 0) is 4.18 Å². The summed E-state index contributed by atoms with van der Waals surface area (Å²) in [6.45, 7) is 7.21. The molecule has 0 aliphatic carbocycles. The SMILES string of the molecule is CC(C)(O)C(C)(C)OSc1ccc2c(c1)oc1cc3oc(-c4ccccc4)nc3cc12. The molecule has 0 amide bonds. The van der Waals surface area contributed by atoms with E-state index in [0.29, 0.717) is 11.5 Å². The molecule has 0 saturated carbocycles. The van der Waals surface area contributed by atoms with Crippen molar-refractivity contribution >= 4 is 45.1 Å². The van der Waals surface area contributed by atoms with Crippen molar-refractivity contribution in [2.75, 3.05) is 0 Å². The first-order valence-corrected chi connectivity index (χ1v) is 10.9. The van der Waals surface area contributed by atoms with Crippen molar-refractivity contribution < 1.29 is 18.1 Å². The van der Waals surface area contributed by atoms with Crippen molar-refractivity contribution in [2.45, 2.75) is 43.8 Å². The average Bonchev–Trinajstić information content (AvgIpc) is 3.30. The fourth-order valence-electron chi connectivity index (χ4n) is 3.19. The van der Waals surface area contributed by atoms with Crippen LogP contribution in [-0.4, -0.2) is 21.3 Å². The zero-order chi connectivity index (χ0) is 21.8. The van der Waals surface area contributed by atoms with E-state index in [1.807, 2.05) is 74.5 Å². The maximum absolute atomic E-state index is 10.3. The third-order valence-corrected chi connectivity index (χ3v) is 6.74. The van der Waals surface area contributed by atoms with E-state index in [0.717, 1.165) is 37.9 Å². The van der Waals surface area contributed by atoms with Gasteiger partial charge in [0.05, 0.1) is 5.60 Å². The molecule has 0 aliphatic rings. The second kappa shape index (κ2) is 7.12. The van der Waals surface area contributed by atoms with Crippen molar-refractivity contribution in [3.8, 4) is 11.5 Å². The summed E-state index contributed by atoms with van der Waals surface area (Å²) in [5, 5.41) is 12.3. The van der Waals surface area contributed by atoms with Gasteiger partial charge in [-0.15, -0.1) is 0 Å². The highest BCUT2D eigenvalue weighted by Gasteiger charge is 2.37. The van der Waals surface area contributed by atoms with E-state index >= 15 is 0 Å². The lowest BCUT2D eigenvalue weighted by atomic mass is 9.90. The summed E-state index contributed by atoms with van der Waals surface area (Å²) in [6, 6.07) is 19.7. The largest absolute Gasteiger partial charge is 0.456 e. The normalized spacial score (nSPS) is 12.9. The van der Waals surface area contributed by atoms with Gasteiger partial charge < -0.3 is 18.1 Å². The summed E-state index contributed by atoms with van der Waals surface area (Å²) in [7, 11) is 0. The first-order valence-electron chi connectivity index (χ1n) is 10.1. The van der Waals surface area contributed by atoms with E-state index in [4.69, 9.17) is 13.0 Å². The summed E-state index contributed by atoms with van der Waals surface area (Å²) in [5.74, 6) is 0.595. The third kappa shape index (κ3) is 3.61. The van der Waals surface area contributed by atoms with Crippen LogP contribution in [0.25, 0.3) is 44.5 Å². The Morgan fingerprint density at radius 1 is 0.839 bits per heavy atom. The Balaban J connectivity index is 1.50. The minimum Gasteiger partial charge on any atom is -0.456 e. The lowest BCUT2D eigenvalue weighted by Crippen LogP contribution is -2.45. The molecule has 0 fully saturated rings. The molecule has 3 aromatic carbocycles. The van der Waals surface area contributed by atoms with Crippen LogP contribution in [0, 0.1) is 0 Å². The van der Waals surface area contributed by atoms with Crippen LogP contribution in [0.2, 0.25) is 0 Å². The molecule has 0 spiro atoms. The zero-order valence-corrected chi connectivity index (χ0v) is 18.6. The second-order valence-corrected chi connectivity index (χ2v) is 9.50. The number of oxazole rings is 1. The fraction of sp³-hybridized carbons (Fsp3) is 0.240. The van der Waals surface area contributed by atoms with E-state index in [1.54, 1.807) is 13.8 Å². The number of rotatable bonds is 5. The second-order valence-electron chi connectivity index (χ2n) is 8.70. The first kappa shape index (κ1) is 20.1. The Bertz CT molecular complexity index is 1390. The topological polar surface area (TPSA) is 68.6 Å². The van der Waals surface area contributed by atoms with E-state index in [9.17, 15) is 5.11 Å². The van der Waals surface area contributed by atoms with E-state index < -0.39 is 11.2 Å². The Hall–Kier alpha value is -2.80.